The van der Waals surface area contributed by atoms with E-state index in [2.05, 4.69) is 25.2 Å². The van der Waals surface area contributed by atoms with Crippen LogP contribution in [0.4, 0.5) is 0 Å². The van der Waals surface area contributed by atoms with Crippen LogP contribution in [0, 0.1) is 13.8 Å². The van der Waals surface area contributed by atoms with Crippen LogP contribution in [0.15, 0.2) is 41.0 Å². The number of rotatable bonds is 4. The molecule has 0 saturated carbocycles. The number of nitrogens with one attached hydrogen (secondary N) is 1. The molecule has 0 aliphatic rings. The Kier molecular flexibility index (Phi) is 4.05. The van der Waals surface area contributed by atoms with E-state index in [0.717, 1.165) is 11.3 Å². The molecule has 1 amide bonds. The summed E-state index contributed by atoms with van der Waals surface area (Å²) in [6.45, 7) is 6.04. The monoisotopic (exact) mass is 257 g/mol. The van der Waals surface area contributed by atoms with Gasteiger partial charge in [-0.1, -0.05) is 18.2 Å². The third-order valence-corrected chi connectivity index (χ3v) is 3.28. The zero-order chi connectivity index (χ0) is 13.8. The molecule has 0 aliphatic heterocycles. The van der Waals surface area contributed by atoms with Gasteiger partial charge in [-0.15, -0.1) is 0 Å². The highest BCUT2D eigenvalue weighted by atomic mass is 16.3. The molecule has 0 aliphatic carbocycles. The van der Waals surface area contributed by atoms with Crippen molar-refractivity contribution in [3.63, 3.8) is 0 Å². The Morgan fingerprint density at radius 2 is 2.05 bits per heavy atom. The van der Waals surface area contributed by atoms with Crippen molar-refractivity contribution in [1.29, 1.82) is 0 Å². The van der Waals surface area contributed by atoms with Crippen molar-refractivity contribution in [2.45, 2.75) is 33.2 Å². The molecular formula is C16H19NO2. The van der Waals surface area contributed by atoms with Crippen LogP contribution in [0.5, 0.6) is 0 Å². The van der Waals surface area contributed by atoms with Crippen LogP contribution < -0.4 is 5.32 Å². The summed E-state index contributed by atoms with van der Waals surface area (Å²) in [7, 11) is 0. The summed E-state index contributed by atoms with van der Waals surface area (Å²) in [5.41, 5.74) is 3.49. The fourth-order valence-electron chi connectivity index (χ4n) is 2.00. The lowest BCUT2D eigenvalue weighted by Crippen LogP contribution is -2.27. The number of carbonyl (C=O) groups excluding carboxylic acids is 1. The Hall–Kier alpha value is -2.03. The van der Waals surface area contributed by atoms with Crippen LogP contribution in [0.3, 0.4) is 0 Å². The number of aryl methyl sites for hydroxylation is 2. The number of hydrogen-bond donors (Lipinski definition) is 1. The van der Waals surface area contributed by atoms with E-state index in [0.29, 0.717) is 6.42 Å². The van der Waals surface area contributed by atoms with Crippen LogP contribution >= 0.6 is 0 Å². The van der Waals surface area contributed by atoms with Gasteiger partial charge in [0.15, 0.2) is 0 Å². The zero-order valence-corrected chi connectivity index (χ0v) is 11.6. The lowest BCUT2D eigenvalue weighted by Gasteiger charge is -2.12. The Morgan fingerprint density at radius 3 is 2.68 bits per heavy atom. The molecule has 1 N–H and O–H groups in total. The van der Waals surface area contributed by atoms with Crippen LogP contribution in [0.1, 0.15) is 35.4 Å². The van der Waals surface area contributed by atoms with Crippen molar-refractivity contribution in [3.8, 4) is 0 Å². The SMILES string of the molecule is Cc1ccc(CC(=O)N[C@@H](C)c2ccco2)cc1C. The largest absolute Gasteiger partial charge is 0.467 e. The highest BCUT2D eigenvalue weighted by Crippen LogP contribution is 2.14. The number of amides is 1. The summed E-state index contributed by atoms with van der Waals surface area (Å²) < 4.78 is 5.27. The molecule has 1 atom stereocenters. The number of furan rings is 1. The topological polar surface area (TPSA) is 42.2 Å². The molecule has 19 heavy (non-hydrogen) atoms. The van der Waals surface area contributed by atoms with Crippen molar-refractivity contribution in [1.82, 2.24) is 5.32 Å². The predicted octanol–water partition coefficient (Wildman–Crippen LogP) is 3.32. The normalized spacial score (nSPS) is 12.2. The highest BCUT2D eigenvalue weighted by Gasteiger charge is 2.12. The third kappa shape index (κ3) is 3.47. The van der Waals surface area contributed by atoms with Crippen molar-refractivity contribution < 1.29 is 9.21 Å². The second kappa shape index (κ2) is 5.74. The summed E-state index contributed by atoms with van der Waals surface area (Å²) >= 11 is 0. The van der Waals surface area contributed by atoms with Gasteiger partial charge in [0.05, 0.1) is 18.7 Å². The summed E-state index contributed by atoms with van der Waals surface area (Å²) in [4.78, 5) is 12.0. The van der Waals surface area contributed by atoms with E-state index in [1.807, 2.05) is 31.2 Å². The molecule has 100 valence electrons. The van der Waals surface area contributed by atoms with E-state index in [4.69, 9.17) is 4.42 Å². The molecule has 0 unspecified atom stereocenters. The molecule has 1 aromatic heterocycles. The van der Waals surface area contributed by atoms with Gasteiger partial charge < -0.3 is 9.73 Å². The fraction of sp³-hybridized carbons (Fsp3) is 0.312. The first-order chi connectivity index (χ1) is 9.06. The minimum Gasteiger partial charge on any atom is -0.467 e. The first-order valence-electron chi connectivity index (χ1n) is 6.45. The maximum Gasteiger partial charge on any atom is 0.224 e. The lowest BCUT2D eigenvalue weighted by molar-refractivity contribution is -0.121. The molecule has 0 spiro atoms. The number of benzene rings is 1. The zero-order valence-electron chi connectivity index (χ0n) is 11.6. The van der Waals surface area contributed by atoms with Crippen molar-refractivity contribution in [2.75, 3.05) is 0 Å². The smallest absolute Gasteiger partial charge is 0.224 e. The highest BCUT2D eigenvalue weighted by molar-refractivity contribution is 5.79. The quantitative estimate of drug-likeness (QED) is 0.913. The molecule has 0 saturated heterocycles. The average molecular weight is 257 g/mol. The average Bonchev–Trinajstić information content (AvgIpc) is 2.87. The summed E-state index contributed by atoms with van der Waals surface area (Å²) in [6, 6.07) is 9.69. The van der Waals surface area contributed by atoms with Gasteiger partial charge in [-0.25, -0.2) is 0 Å². The van der Waals surface area contributed by atoms with Crippen LogP contribution in [-0.2, 0) is 11.2 Å². The Labute approximate surface area is 113 Å². The van der Waals surface area contributed by atoms with E-state index < -0.39 is 0 Å². The first-order valence-corrected chi connectivity index (χ1v) is 6.45. The number of hydrogen-bond acceptors (Lipinski definition) is 2. The summed E-state index contributed by atoms with van der Waals surface area (Å²) in [5.74, 6) is 0.778. The molecule has 3 heteroatoms. The summed E-state index contributed by atoms with van der Waals surface area (Å²) in [6.07, 6.45) is 2.01. The van der Waals surface area contributed by atoms with Gasteiger partial charge in [-0.3, -0.25) is 4.79 Å². The standard InChI is InChI=1S/C16H19NO2/c1-11-6-7-14(9-12(11)2)10-16(18)17-13(3)15-5-4-8-19-15/h4-9,13H,10H2,1-3H3,(H,17,18)/t13-/m0/s1. The van der Waals surface area contributed by atoms with Crippen LogP contribution in [0.25, 0.3) is 0 Å². The maximum atomic E-state index is 12.0. The molecule has 0 fully saturated rings. The van der Waals surface area contributed by atoms with Crippen LogP contribution in [-0.4, -0.2) is 5.91 Å². The molecule has 1 aromatic carbocycles. The molecule has 2 rings (SSSR count). The van der Waals surface area contributed by atoms with Gasteiger partial charge in [0.25, 0.3) is 0 Å². The molecular weight excluding hydrogens is 238 g/mol. The van der Waals surface area contributed by atoms with Gasteiger partial charge >= 0.3 is 0 Å². The van der Waals surface area contributed by atoms with Gasteiger partial charge in [-0.2, -0.15) is 0 Å². The molecule has 0 radical (unpaired) electrons. The minimum atomic E-state index is -0.103. The second-order valence-corrected chi connectivity index (χ2v) is 4.90. The van der Waals surface area contributed by atoms with E-state index >= 15 is 0 Å². The van der Waals surface area contributed by atoms with Crippen molar-refractivity contribution in [3.05, 3.63) is 59.0 Å². The second-order valence-electron chi connectivity index (χ2n) is 4.90. The molecule has 0 bridgehead atoms. The lowest BCUT2D eigenvalue weighted by atomic mass is 10.0. The molecule has 1 heterocycles. The van der Waals surface area contributed by atoms with Gasteiger partial charge in [0, 0.05) is 0 Å². The first kappa shape index (κ1) is 13.4. The predicted molar refractivity (Wildman–Crippen MR) is 74.9 cm³/mol. The van der Waals surface area contributed by atoms with Gasteiger partial charge in [0.2, 0.25) is 5.91 Å². The Morgan fingerprint density at radius 1 is 1.26 bits per heavy atom. The van der Waals surface area contributed by atoms with E-state index in [-0.39, 0.29) is 11.9 Å². The number of carbonyl (C=O) groups is 1. The van der Waals surface area contributed by atoms with E-state index in [1.165, 1.54) is 11.1 Å². The minimum absolute atomic E-state index is 0.00662. The molecule has 3 nitrogen and oxygen atoms in total. The third-order valence-electron chi connectivity index (χ3n) is 3.28. The van der Waals surface area contributed by atoms with Gasteiger partial charge in [-0.05, 0) is 49.6 Å². The maximum absolute atomic E-state index is 12.0. The van der Waals surface area contributed by atoms with Crippen molar-refractivity contribution in [2.24, 2.45) is 0 Å². The Bertz CT molecular complexity index is 558. The van der Waals surface area contributed by atoms with Crippen molar-refractivity contribution >= 4 is 5.91 Å². The van der Waals surface area contributed by atoms with Crippen LogP contribution in [0.2, 0.25) is 0 Å². The Balaban J connectivity index is 1.95. The summed E-state index contributed by atoms with van der Waals surface area (Å²) in [5, 5.41) is 2.93. The van der Waals surface area contributed by atoms with E-state index in [1.54, 1.807) is 6.26 Å². The molecule has 2 aromatic rings. The fourth-order valence-corrected chi connectivity index (χ4v) is 2.00. The van der Waals surface area contributed by atoms with E-state index in [9.17, 15) is 4.79 Å². The van der Waals surface area contributed by atoms with Gasteiger partial charge in [0.1, 0.15) is 5.76 Å².